The Morgan fingerprint density at radius 1 is 1.00 bits per heavy atom. The molecule has 29 heavy (non-hydrogen) atoms. The lowest BCUT2D eigenvalue weighted by Crippen LogP contribution is -1.99. The number of thiophene rings is 1. The molecule has 0 aliphatic heterocycles. The van der Waals surface area contributed by atoms with E-state index >= 15 is 0 Å². The summed E-state index contributed by atoms with van der Waals surface area (Å²) in [6.07, 6.45) is 1.88. The Morgan fingerprint density at radius 2 is 1.76 bits per heavy atom. The quantitative estimate of drug-likeness (QED) is 0.401. The zero-order valence-corrected chi connectivity index (χ0v) is 17.6. The molecule has 2 aromatic carbocycles. The molecule has 4 aromatic rings. The highest BCUT2D eigenvalue weighted by Crippen LogP contribution is 2.37. The molecule has 0 spiro atoms. The predicted molar refractivity (Wildman–Crippen MR) is 116 cm³/mol. The first-order valence-corrected chi connectivity index (χ1v) is 11.7. The lowest BCUT2D eigenvalue weighted by atomic mass is 10.2. The molecule has 0 atom stereocenters. The second-order valence-corrected chi connectivity index (χ2v) is 9.91. The van der Waals surface area contributed by atoms with E-state index in [9.17, 15) is 13.2 Å². The van der Waals surface area contributed by atoms with E-state index in [1.807, 2.05) is 36.4 Å². The van der Waals surface area contributed by atoms with Gasteiger partial charge in [-0.2, -0.15) is 5.10 Å². The van der Waals surface area contributed by atoms with Crippen molar-refractivity contribution in [2.45, 2.75) is 4.90 Å². The molecule has 146 valence electrons. The van der Waals surface area contributed by atoms with Crippen molar-refractivity contribution in [3.05, 3.63) is 77.4 Å². The van der Waals surface area contributed by atoms with Crippen molar-refractivity contribution in [3.8, 4) is 26.7 Å². The molecule has 0 radical (unpaired) electrons. The minimum absolute atomic E-state index is 0.273. The second-order valence-electron chi connectivity index (χ2n) is 6.40. The number of carbonyl (C=O) groups excluding carboxylic acids is 1. The number of hydrogen-bond acceptors (Lipinski definition) is 5. The Kier molecular flexibility index (Phi) is 5.12. The molecule has 0 unspecified atom stereocenters. The van der Waals surface area contributed by atoms with E-state index in [2.05, 4.69) is 5.10 Å². The molecule has 0 aliphatic rings. The summed E-state index contributed by atoms with van der Waals surface area (Å²) in [5.74, 6) is 0. The molecule has 0 N–H and O–H groups in total. The maximum absolute atomic E-state index is 11.9. The van der Waals surface area contributed by atoms with Gasteiger partial charge in [-0.25, -0.2) is 13.1 Å². The number of rotatable bonds is 5. The molecule has 8 heteroatoms. The molecular formula is C21H15ClN2O3S2. The van der Waals surface area contributed by atoms with Crippen LogP contribution in [0.4, 0.5) is 0 Å². The fourth-order valence-corrected chi connectivity index (χ4v) is 4.84. The zero-order chi connectivity index (χ0) is 20.6. The smallest absolute Gasteiger partial charge is 0.175 e. The summed E-state index contributed by atoms with van der Waals surface area (Å²) in [7, 11) is -3.29. The lowest BCUT2D eigenvalue weighted by molar-refractivity contribution is 0.111. The summed E-state index contributed by atoms with van der Waals surface area (Å²) in [6.45, 7) is 0. The second kappa shape index (κ2) is 7.59. The van der Waals surface area contributed by atoms with Crippen LogP contribution in [0.3, 0.4) is 0 Å². The van der Waals surface area contributed by atoms with Crippen molar-refractivity contribution < 1.29 is 13.2 Å². The van der Waals surface area contributed by atoms with Crippen molar-refractivity contribution >= 4 is 39.1 Å². The zero-order valence-electron chi connectivity index (χ0n) is 15.2. The van der Waals surface area contributed by atoms with Crippen LogP contribution < -0.4 is 0 Å². The molecule has 0 saturated heterocycles. The van der Waals surface area contributed by atoms with Crippen molar-refractivity contribution in [2.24, 2.45) is 0 Å². The molecule has 2 aromatic heterocycles. The summed E-state index contributed by atoms with van der Waals surface area (Å²) in [5, 5.41) is 4.88. The number of sulfone groups is 1. The van der Waals surface area contributed by atoms with Crippen LogP contribution in [-0.2, 0) is 9.84 Å². The van der Waals surface area contributed by atoms with Crippen LogP contribution >= 0.6 is 22.9 Å². The van der Waals surface area contributed by atoms with Crippen LogP contribution in [0.2, 0.25) is 5.02 Å². The van der Waals surface area contributed by atoms with Gasteiger partial charge in [-0.1, -0.05) is 35.9 Å². The third-order valence-electron chi connectivity index (χ3n) is 4.33. The molecule has 0 saturated carbocycles. The van der Waals surface area contributed by atoms with Gasteiger partial charge in [0.25, 0.3) is 0 Å². The lowest BCUT2D eigenvalue weighted by Gasteiger charge is -2.07. The standard InChI is InChI=1S/C21H15ClN2O3S2/c1-29(26,27)16-6-4-5-14(11-16)20-9-10-21(28-20)19-12-15(13-25)23-24(19)18-8-3-2-7-17(18)22/h2-13H,1H3. The number of halogens is 1. The van der Waals surface area contributed by atoms with Gasteiger partial charge >= 0.3 is 0 Å². The van der Waals surface area contributed by atoms with Crippen LogP contribution in [0.25, 0.3) is 26.7 Å². The molecule has 0 bridgehead atoms. The number of aldehydes is 1. The first kappa shape index (κ1) is 19.6. The molecule has 4 rings (SSSR count). The van der Waals surface area contributed by atoms with Crippen molar-refractivity contribution in [2.75, 3.05) is 6.26 Å². The largest absolute Gasteiger partial charge is 0.296 e. The highest BCUT2D eigenvalue weighted by atomic mass is 35.5. The predicted octanol–water partition coefficient (Wildman–Crippen LogP) is 5.14. The van der Waals surface area contributed by atoms with E-state index in [1.165, 1.54) is 17.6 Å². The van der Waals surface area contributed by atoms with Crippen molar-refractivity contribution in [3.63, 3.8) is 0 Å². The normalized spacial score (nSPS) is 11.5. The van der Waals surface area contributed by atoms with Crippen molar-refractivity contribution in [1.29, 1.82) is 0 Å². The van der Waals surface area contributed by atoms with Crippen LogP contribution in [0.15, 0.2) is 71.6 Å². The van der Waals surface area contributed by atoms with Gasteiger partial charge in [-0.3, -0.25) is 4.79 Å². The van der Waals surface area contributed by atoms with E-state index in [0.717, 1.165) is 21.0 Å². The third-order valence-corrected chi connectivity index (χ3v) is 6.92. The fourth-order valence-electron chi connectivity index (χ4n) is 2.95. The van der Waals surface area contributed by atoms with Gasteiger partial charge in [0.1, 0.15) is 5.69 Å². The number of carbonyl (C=O) groups is 1. The fraction of sp³-hybridized carbons (Fsp3) is 0.0476. The molecule has 0 amide bonds. The molecular weight excluding hydrogens is 428 g/mol. The van der Waals surface area contributed by atoms with E-state index in [4.69, 9.17) is 11.6 Å². The Morgan fingerprint density at radius 3 is 2.48 bits per heavy atom. The minimum Gasteiger partial charge on any atom is -0.296 e. The van der Waals surface area contributed by atoms with E-state index in [1.54, 1.807) is 35.0 Å². The summed E-state index contributed by atoms with van der Waals surface area (Å²) in [4.78, 5) is 13.4. The number of nitrogens with zero attached hydrogens (tertiary/aromatic N) is 2. The first-order chi connectivity index (χ1) is 13.9. The number of hydrogen-bond donors (Lipinski definition) is 0. The highest BCUT2D eigenvalue weighted by molar-refractivity contribution is 7.90. The van der Waals surface area contributed by atoms with Gasteiger partial charge in [0.05, 0.1) is 26.2 Å². The van der Waals surface area contributed by atoms with E-state index < -0.39 is 9.84 Å². The number of benzene rings is 2. The Bertz CT molecular complexity index is 1320. The Balaban J connectivity index is 1.81. The van der Waals surface area contributed by atoms with Crippen LogP contribution in [0.5, 0.6) is 0 Å². The average molecular weight is 443 g/mol. The van der Waals surface area contributed by atoms with E-state index in [0.29, 0.717) is 22.7 Å². The summed E-state index contributed by atoms with van der Waals surface area (Å²) in [6, 6.07) is 19.7. The van der Waals surface area contributed by atoms with Crippen LogP contribution in [-0.4, -0.2) is 30.7 Å². The summed E-state index contributed by atoms with van der Waals surface area (Å²) < 4.78 is 25.4. The van der Waals surface area contributed by atoms with E-state index in [-0.39, 0.29) is 4.90 Å². The van der Waals surface area contributed by atoms with Gasteiger partial charge in [0.15, 0.2) is 16.1 Å². The van der Waals surface area contributed by atoms with Gasteiger partial charge in [-0.05, 0) is 48.0 Å². The number of para-hydroxylation sites is 1. The SMILES string of the molecule is CS(=O)(=O)c1cccc(-c2ccc(-c3cc(C=O)nn3-c3ccccc3Cl)s2)c1. The van der Waals surface area contributed by atoms with Crippen LogP contribution in [0, 0.1) is 0 Å². The minimum atomic E-state index is -3.29. The Labute approximate surface area is 177 Å². The monoisotopic (exact) mass is 442 g/mol. The van der Waals surface area contributed by atoms with Gasteiger partial charge in [0, 0.05) is 11.1 Å². The van der Waals surface area contributed by atoms with Crippen molar-refractivity contribution in [1.82, 2.24) is 9.78 Å². The maximum Gasteiger partial charge on any atom is 0.175 e. The van der Waals surface area contributed by atoms with Gasteiger partial charge in [-0.15, -0.1) is 11.3 Å². The van der Waals surface area contributed by atoms with Crippen LogP contribution in [0.1, 0.15) is 10.5 Å². The topological polar surface area (TPSA) is 69.0 Å². The van der Waals surface area contributed by atoms with Gasteiger partial charge < -0.3 is 0 Å². The first-order valence-electron chi connectivity index (χ1n) is 8.57. The highest BCUT2D eigenvalue weighted by Gasteiger charge is 2.16. The number of aromatic nitrogens is 2. The third kappa shape index (κ3) is 3.89. The summed E-state index contributed by atoms with van der Waals surface area (Å²) in [5.41, 5.74) is 2.51. The van der Waals surface area contributed by atoms with Gasteiger partial charge in [0.2, 0.25) is 0 Å². The molecule has 5 nitrogen and oxygen atoms in total. The Hall–Kier alpha value is -2.74. The molecule has 0 aliphatic carbocycles. The maximum atomic E-state index is 11.9. The average Bonchev–Trinajstić information content (AvgIpc) is 3.35. The molecule has 0 fully saturated rings. The summed E-state index contributed by atoms with van der Waals surface area (Å²) >= 11 is 7.81. The molecule has 2 heterocycles.